The molecule has 0 aliphatic heterocycles. The number of ether oxygens (including phenoxy) is 1. The molecule has 2 heterocycles. The fraction of sp³-hybridized carbons (Fsp3) is 0.290. The van der Waals surface area contributed by atoms with Gasteiger partial charge in [0, 0.05) is 29.1 Å². The van der Waals surface area contributed by atoms with Crippen LogP contribution in [0.3, 0.4) is 0 Å². The Balaban J connectivity index is 1.51. The normalized spacial score (nSPS) is 13.7. The van der Waals surface area contributed by atoms with Gasteiger partial charge in [-0.1, -0.05) is 18.2 Å². The molecule has 2 aromatic carbocycles. The second-order valence-electron chi connectivity index (χ2n) is 10.2. The highest BCUT2D eigenvalue weighted by molar-refractivity contribution is 5.91. The van der Waals surface area contributed by atoms with Gasteiger partial charge in [0.1, 0.15) is 18.2 Å². The number of hydrogen-bond acceptors (Lipinski definition) is 5. The Morgan fingerprint density at radius 3 is 2.49 bits per heavy atom. The third-order valence-corrected chi connectivity index (χ3v) is 7.28. The first-order valence-electron chi connectivity index (χ1n) is 13.6. The highest BCUT2D eigenvalue weighted by Crippen LogP contribution is 2.36. The van der Waals surface area contributed by atoms with Crippen LogP contribution in [0.25, 0.3) is 11.1 Å². The molecule has 1 N–H and O–H groups in total. The zero-order valence-corrected chi connectivity index (χ0v) is 23.0. The van der Waals surface area contributed by atoms with E-state index in [9.17, 15) is 31.5 Å². The zero-order valence-electron chi connectivity index (χ0n) is 23.0. The molecule has 1 atom stereocenters. The van der Waals surface area contributed by atoms with Crippen molar-refractivity contribution in [2.45, 2.75) is 50.9 Å². The molecule has 43 heavy (non-hydrogen) atoms. The maximum Gasteiger partial charge on any atom is 0.435 e. The van der Waals surface area contributed by atoms with Crippen LogP contribution in [0.1, 0.15) is 57.5 Å². The van der Waals surface area contributed by atoms with Gasteiger partial charge in [-0.25, -0.2) is 13.6 Å². The van der Waals surface area contributed by atoms with Crippen molar-refractivity contribution in [3.8, 4) is 11.1 Å². The van der Waals surface area contributed by atoms with E-state index in [-0.39, 0.29) is 29.5 Å². The van der Waals surface area contributed by atoms with Crippen molar-refractivity contribution in [1.29, 1.82) is 0 Å². The summed E-state index contributed by atoms with van der Waals surface area (Å²) in [6.07, 6.45) is -1.41. The van der Waals surface area contributed by atoms with Crippen molar-refractivity contribution in [3.05, 3.63) is 106 Å². The summed E-state index contributed by atoms with van der Waals surface area (Å²) in [6, 6.07) is 11.9. The summed E-state index contributed by atoms with van der Waals surface area (Å²) in [5, 5.41) is 6.56. The molecule has 12 heteroatoms. The number of amides is 1. The summed E-state index contributed by atoms with van der Waals surface area (Å²) in [4.78, 5) is 30.0. The largest absolute Gasteiger partial charge is 0.465 e. The average Bonchev–Trinajstić information content (AvgIpc) is 3.35. The third-order valence-electron chi connectivity index (χ3n) is 7.28. The van der Waals surface area contributed by atoms with E-state index < -0.39 is 48.0 Å². The van der Waals surface area contributed by atoms with E-state index in [1.807, 2.05) is 0 Å². The Hall–Kier alpha value is -4.61. The summed E-state index contributed by atoms with van der Waals surface area (Å²) in [5.41, 5.74) is 1.38. The predicted octanol–water partition coefficient (Wildman–Crippen LogP) is 6.01. The van der Waals surface area contributed by atoms with Gasteiger partial charge in [0.15, 0.2) is 5.69 Å². The molecule has 1 amide bonds. The minimum absolute atomic E-state index is 0.0911. The SMILES string of the molecule is COC(=O)c1cccc(-c2cccnc2C(Cc2cc(F)cc(F)c2)NC(=O)Cn2nc(C(F)(F)F)c3c2CCCC3)c1. The van der Waals surface area contributed by atoms with Gasteiger partial charge in [0.2, 0.25) is 5.91 Å². The van der Waals surface area contributed by atoms with Crippen molar-refractivity contribution in [3.63, 3.8) is 0 Å². The number of aromatic nitrogens is 3. The van der Waals surface area contributed by atoms with Crippen LogP contribution in [-0.4, -0.2) is 33.8 Å². The molecule has 0 spiro atoms. The van der Waals surface area contributed by atoms with Crippen LogP contribution in [0.15, 0.2) is 60.8 Å². The minimum atomic E-state index is -4.66. The van der Waals surface area contributed by atoms with Crippen molar-refractivity contribution >= 4 is 11.9 Å². The highest BCUT2D eigenvalue weighted by atomic mass is 19.4. The number of nitrogens with zero attached hydrogens (tertiary/aromatic N) is 3. The molecule has 0 fully saturated rings. The summed E-state index contributed by atoms with van der Waals surface area (Å²) in [6.45, 7) is -0.494. The number of alkyl halides is 3. The van der Waals surface area contributed by atoms with Crippen LogP contribution >= 0.6 is 0 Å². The fourth-order valence-electron chi connectivity index (χ4n) is 5.46. The summed E-state index contributed by atoms with van der Waals surface area (Å²) >= 11 is 0. The van der Waals surface area contributed by atoms with Gasteiger partial charge >= 0.3 is 12.1 Å². The molecule has 0 saturated carbocycles. The number of carbonyl (C=O) groups excluding carboxylic acids is 2. The van der Waals surface area contributed by atoms with Gasteiger partial charge in [-0.05, 0) is 73.6 Å². The molecule has 0 bridgehead atoms. The van der Waals surface area contributed by atoms with E-state index in [4.69, 9.17) is 4.74 Å². The van der Waals surface area contributed by atoms with E-state index >= 15 is 0 Å². The van der Waals surface area contributed by atoms with Gasteiger partial charge in [-0.15, -0.1) is 0 Å². The van der Waals surface area contributed by atoms with Crippen molar-refractivity contribution in [2.75, 3.05) is 7.11 Å². The van der Waals surface area contributed by atoms with Crippen LogP contribution in [0, 0.1) is 11.6 Å². The van der Waals surface area contributed by atoms with Crippen molar-refractivity contribution < 1.29 is 36.3 Å². The van der Waals surface area contributed by atoms with Crippen LogP contribution in [0.2, 0.25) is 0 Å². The third kappa shape index (κ3) is 6.73. The van der Waals surface area contributed by atoms with Crippen molar-refractivity contribution in [1.82, 2.24) is 20.1 Å². The van der Waals surface area contributed by atoms with Gasteiger partial charge in [0.05, 0.1) is 24.4 Å². The predicted molar refractivity (Wildman–Crippen MR) is 146 cm³/mol. The summed E-state index contributed by atoms with van der Waals surface area (Å²) in [7, 11) is 1.25. The van der Waals surface area contributed by atoms with E-state index in [1.165, 1.54) is 13.3 Å². The van der Waals surface area contributed by atoms with E-state index in [1.54, 1.807) is 36.4 Å². The van der Waals surface area contributed by atoms with E-state index in [2.05, 4.69) is 15.4 Å². The lowest BCUT2D eigenvalue weighted by Gasteiger charge is -2.22. The smallest absolute Gasteiger partial charge is 0.435 e. The molecular weight excluding hydrogens is 571 g/mol. The van der Waals surface area contributed by atoms with Crippen LogP contribution in [0.5, 0.6) is 0 Å². The number of hydrogen-bond donors (Lipinski definition) is 1. The van der Waals surface area contributed by atoms with Gasteiger partial charge in [-0.3, -0.25) is 14.5 Å². The molecular formula is C31H27F5N4O3. The average molecular weight is 599 g/mol. The first-order valence-corrected chi connectivity index (χ1v) is 13.6. The van der Waals surface area contributed by atoms with Crippen LogP contribution in [-0.2, 0) is 41.5 Å². The quantitative estimate of drug-likeness (QED) is 0.199. The second-order valence-corrected chi connectivity index (χ2v) is 10.2. The van der Waals surface area contributed by atoms with Gasteiger partial charge in [-0.2, -0.15) is 18.3 Å². The monoisotopic (exact) mass is 598 g/mol. The maximum atomic E-state index is 14.1. The standard InChI is InChI=1S/C31H27F5N4O3/c1-43-30(42)20-7-4-6-19(15-20)23-9-5-11-37-28(23)25(14-18-12-21(32)16-22(33)13-18)38-27(41)17-40-26-10-3-2-8-24(26)29(39-40)31(34,35)36/h4-7,9,11-13,15-16,25H,2-3,8,10,14,17H2,1H3,(H,38,41). The molecule has 0 saturated heterocycles. The van der Waals surface area contributed by atoms with Gasteiger partial charge < -0.3 is 10.1 Å². The number of nitrogens with one attached hydrogen (secondary N) is 1. The van der Waals surface area contributed by atoms with Crippen molar-refractivity contribution in [2.24, 2.45) is 0 Å². The molecule has 0 radical (unpaired) electrons. The molecule has 2 aromatic heterocycles. The van der Waals surface area contributed by atoms with Gasteiger partial charge in [0.25, 0.3) is 0 Å². The molecule has 5 rings (SSSR count). The number of fused-ring (bicyclic) bond motifs is 1. The van der Waals surface area contributed by atoms with Crippen LogP contribution in [0.4, 0.5) is 22.0 Å². The molecule has 1 aliphatic carbocycles. The maximum absolute atomic E-state index is 14.1. The Bertz CT molecular complexity index is 1650. The molecule has 1 unspecified atom stereocenters. The van der Waals surface area contributed by atoms with E-state index in [0.717, 1.165) is 22.9 Å². The Labute approximate surface area is 243 Å². The Morgan fingerprint density at radius 2 is 1.77 bits per heavy atom. The molecule has 4 aromatic rings. The summed E-state index contributed by atoms with van der Waals surface area (Å²) in [5.74, 6) is -2.84. The number of benzene rings is 2. The molecule has 1 aliphatic rings. The first-order chi connectivity index (χ1) is 20.5. The second kappa shape index (κ2) is 12.3. The number of esters is 1. The topological polar surface area (TPSA) is 86.1 Å². The highest BCUT2D eigenvalue weighted by Gasteiger charge is 2.39. The minimum Gasteiger partial charge on any atom is -0.465 e. The number of rotatable bonds is 8. The lowest BCUT2D eigenvalue weighted by molar-refractivity contribution is -0.142. The lowest BCUT2D eigenvalue weighted by atomic mass is 9.94. The molecule has 7 nitrogen and oxygen atoms in total. The Morgan fingerprint density at radius 1 is 1.02 bits per heavy atom. The number of carbonyl (C=O) groups is 2. The lowest BCUT2D eigenvalue weighted by Crippen LogP contribution is -2.34. The number of pyridine rings is 1. The fourth-order valence-corrected chi connectivity index (χ4v) is 5.46. The Kier molecular flexibility index (Phi) is 8.56. The van der Waals surface area contributed by atoms with Crippen LogP contribution < -0.4 is 5.32 Å². The first kappa shape index (κ1) is 29.9. The zero-order chi connectivity index (χ0) is 30.7. The van der Waals surface area contributed by atoms with E-state index in [0.29, 0.717) is 41.8 Å². The number of methoxy groups -OCH3 is 1. The number of halogens is 5. The summed E-state index contributed by atoms with van der Waals surface area (Å²) < 4.78 is 75.2. The molecule has 224 valence electrons.